The van der Waals surface area contributed by atoms with E-state index in [0.29, 0.717) is 58.3 Å². The number of ether oxygens (including phenoxy) is 3. The van der Waals surface area contributed by atoms with Crippen LogP contribution < -0.4 is 0 Å². The van der Waals surface area contributed by atoms with Crippen molar-refractivity contribution in [2.24, 2.45) is 0 Å². The zero-order chi connectivity index (χ0) is 26.6. The van der Waals surface area contributed by atoms with Crippen LogP contribution in [0.2, 0.25) is 0 Å². The highest BCUT2D eigenvalue weighted by molar-refractivity contribution is 14.1. The molecule has 0 unspecified atom stereocenters. The molecule has 0 amide bonds. The molecule has 0 saturated carbocycles. The predicted molar refractivity (Wildman–Crippen MR) is 156 cm³/mol. The zero-order valence-corrected chi connectivity index (χ0v) is 25.6. The van der Waals surface area contributed by atoms with Crippen LogP contribution in [0.4, 0.5) is 0 Å². The summed E-state index contributed by atoms with van der Waals surface area (Å²) in [7, 11) is 0. The van der Waals surface area contributed by atoms with Gasteiger partial charge >= 0.3 is 17.9 Å². The summed E-state index contributed by atoms with van der Waals surface area (Å²) in [5, 5.41) is 8.70. The first-order valence-electron chi connectivity index (χ1n) is 12.9. The Labute approximate surface area is 242 Å². The van der Waals surface area contributed by atoms with Crippen molar-refractivity contribution in [3.05, 3.63) is 30.4 Å². The highest BCUT2D eigenvalue weighted by Crippen LogP contribution is 2.20. The Morgan fingerprint density at radius 3 is 1.64 bits per heavy atom. The van der Waals surface area contributed by atoms with Crippen LogP contribution in [-0.2, 0) is 35.0 Å². The molecule has 1 aromatic carbocycles. The number of carbonyl (C=O) groups excluding carboxylic acids is 3. The highest BCUT2D eigenvalue weighted by Gasteiger charge is 2.08. The lowest BCUT2D eigenvalue weighted by Gasteiger charge is -2.09. The lowest BCUT2D eigenvalue weighted by molar-refractivity contribution is -0.145. The van der Waals surface area contributed by atoms with Crippen LogP contribution in [0, 0.1) is 14.1 Å². The summed E-state index contributed by atoms with van der Waals surface area (Å²) in [6.45, 7) is 3.37. The number of aryl methyl sites for hydroxylation is 1. The molecular weight excluding hydrogens is 690 g/mol. The molecule has 0 radical (unpaired) electrons. The molecule has 9 heteroatoms. The van der Waals surface area contributed by atoms with E-state index in [-0.39, 0.29) is 24.5 Å². The van der Waals surface area contributed by atoms with E-state index in [1.165, 1.54) is 18.3 Å². The Kier molecular flexibility index (Phi) is 19.3. The molecule has 0 aliphatic heterocycles. The van der Waals surface area contributed by atoms with Crippen LogP contribution in [0.3, 0.4) is 0 Å². The summed E-state index contributed by atoms with van der Waals surface area (Å²) in [6, 6.07) is 4.30. The smallest absolute Gasteiger partial charge is 0.305 e. The van der Waals surface area contributed by atoms with Crippen LogP contribution in [0.25, 0.3) is 0 Å². The molecule has 1 N–H and O–H groups in total. The summed E-state index contributed by atoms with van der Waals surface area (Å²) < 4.78 is 18.2. The molecule has 0 heterocycles. The molecule has 0 aromatic heterocycles. The van der Waals surface area contributed by atoms with Gasteiger partial charge in [-0.25, -0.2) is 0 Å². The van der Waals surface area contributed by atoms with Crippen molar-refractivity contribution in [1.82, 2.24) is 0 Å². The van der Waals surface area contributed by atoms with E-state index in [0.717, 1.165) is 44.9 Å². The zero-order valence-electron chi connectivity index (χ0n) is 21.3. The van der Waals surface area contributed by atoms with Gasteiger partial charge in [0, 0.05) is 39.4 Å². The summed E-state index contributed by atoms with van der Waals surface area (Å²) >= 11 is 4.64. The number of aliphatic hydroxyl groups is 1. The maximum Gasteiger partial charge on any atom is 0.305 e. The normalized spacial score (nSPS) is 10.8. The van der Waals surface area contributed by atoms with Crippen LogP contribution >= 0.6 is 45.2 Å². The fraction of sp³-hybridized carbons (Fsp3) is 0.667. The molecule has 1 rings (SSSR count). The molecular formula is C27H40I2O7. The molecule has 204 valence electrons. The number of hydrogen-bond acceptors (Lipinski definition) is 7. The standard InChI is InChI=1S/C27H40I2O7/c1-21-19-24(29)22(20-23(21)28)14-18-36-27(33)13-7-4-10-17-35-26(32)12-6-3-9-16-34-25(31)11-5-2-8-15-30/h19-20,30H,2-18H2,1H3. The fourth-order valence-electron chi connectivity index (χ4n) is 3.40. The summed E-state index contributed by atoms with van der Waals surface area (Å²) in [5.41, 5.74) is 2.45. The van der Waals surface area contributed by atoms with Crippen molar-refractivity contribution in [3.63, 3.8) is 0 Å². The van der Waals surface area contributed by atoms with E-state index < -0.39 is 0 Å². The van der Waals surface area contributed by atoms with Crippen molar-refractivity contribution >= 4 is 63.1 Å². The molecule has 0 fully saturated rings. The third-order valence-electron chi connectivity index (χ3n) is 5.58. The Balaban J connectivity index is 1.93. The van der Waals surface area contributed by atoms with E-state index in [1.54, 1.807) is 0 Å². The van der Waals surface area contributed by atoms with Crippen LogP contribution in [0.15, 0.2) is 12.1 Å². The number of rotatable bonds is 20. The predicted octanol–water partition coefficient (Wildman–Crippen LogP) is 6.05. The van der Waals surface area contributed by atoms with Gasteiger partial charge in [0.2, 0.25) is 0 Å². The third-order valence-corrected chi connectivity index (χ3v) is 7.74. The van der Waals surface area contributed by atoms with Gasteiger partial charge in [-0.1, -0.05) is 6.42 Å². The van der Waals surface area contributed by atoms with Gasteiger partial charge < -0.3 is 19.3 Å². The van der Waals surface area contributed by atoms with E-state index in [9.17, 15) is 14.4 Å². The summed E-state index contributed by atoms with van der Waals surface area (Å²) in [4.78, 5) is 35.3. The first-order chi connectivity index (χ1) is 17.3. The van der Waals surface area contributed by atoms with Gasteiger partial charge in [-0.3, -0.25) is 14.4 Å². The Hall–Kier alpha value is -0.950. The van der Waals surface area contributed by atoms with E-state index in [4.69, 9.17) is 19.3 Å². The van der Waals surface area contributed by atoms with Gasteiger partial charge in [-0.05, 0) is 127 Å². The van der Waals surface area contributed by atoms with E-state index in [2.05, 4.69) is 64.2 Å². The topological polar surface area (TPSA) is 99.1 Å². The Bertz CT molecular complexity index is 799. The maximum absolute atomic E-state index is 11.9. The second kappa shape index (κ2) is 21.0. The molecule has 1 aromatic rings. The van der Waals surface area contributed by atoms with E-state index in [1.807, 2.05) is 0 Å². The van der Waals surface area contributed by atoms with Crippen molar-refractivity contribution in [2.45, 2.75) is 90.4 Å². The van der Waals surface area contributed by atoms with Crippen molar-refractivity contribution < 1.29 is 33.7 Å². The van der Waals surface area contributed by atoms with Gasteiger partial charge in [0.15, 0.2) is 0 Å². The van der Waals surface area contributed by atoms with Crippen molar-refractivity contribution in [3.8, 4) is 0 Å². The average Bonchev–Trinajstić information content (AvgIpc) is 2.84. The summed E-state index contributed by atoms with van der Waals surface area (Å²) in [6.07, 6.45) is 8.62. The number of esters is 3. The van der Waals surface area contributed by atoms with Crippen LogP contribution in [-0.4, -0.2) is 49.4 Å². The number of hydrogen-bond donors (Lipinski definition) is 1. The first kappa shape index (κ1) is 33.1. The quantitative estimate of drug-likeness (QED) is 0.0756. The molecule has 0 aliphatic rings. The molecule has 0 atom stereocenters. The molecule has 0 spiro atoms. The van der Waals surface area contributed by atoms with Gasteiger partial charge in [0.05, 0.1) is 19.8 Å². The molecule has 36 heavy (non-hydrogen) atoms. The minimum Gasteiger partial charge on any atom is -0.466 e. The van der Waals surface area contributed by atoms with Gasteiger partial charge in [0.25, 0.3) is 0 Å². The largest absolute Gasteiger partial charge is 0.466 e. The number of halogens is 2. The highest BCUT2D eigenvalue weighted by atomic mass is 127. The molecule has 7 nitrogen and oxygen atoms in total. The minimum absolute atomic E-state index is 0.156. The van der Waals surface area contributed by atoms with Gasteiger partial charge in [0.1, 0.15) is 0 Å². The molecule has 0 aliphatic carbocycles. The second-order valence-electron chi connectivity index (χ2n) is 8.76. The minimum atomic E-state index is -0.212. The number of aliphatic hydroxyl groups excluding tert-OH is 1. The fourth-order valence-corrected chi connectivity index (χ4v) is 4.82. The third kappa shape index (κ3) is 16.7. The maximum atomic E-state index is 11.9. The molecule has 0 saturated heterocycles. The SMILES string of the molecule is Cc1cc(I)c(CCOC(=O)CCCCCOC(=O)CCCCCOC(=O)CCCCCO)cc1I. The first-order valence-corrected chi connectivity index (χ1v) is 15.0. The van der Waals surface area contributed by atoms with Crippen molar-refractivity contribution in [2.75, 3.05) is 26.4 Å². The van der Waals surface area contributed by atoms with Crippen LogP contribution in [0.5, 0.6) is 0 Å². The number of unbranched alkanes of at least 4 members (excludes halogenated alkanes) is 6. The van der Waals surface area contributed by atoms with Gasteiger partial charge in [-0.2, -0.15) is 0 Å². The number of benzene rings is 1. The van der Waals surface area contributed by atoms with Gasteiger partial charge in [-0.15, -0.1) is 0 Å². The monoisotopic (exact) mass is 730 g/mol. The van der Waals surface area contributed by atoms with E-state index >= 15 is 0 Å². The molecule has 0 bridgehead atoms. The number of carbonyl (C=O) groups is 3. The lowest BCUT2D eigenvalue weighted by Crippen LogP contribution is -2.09. The summed E-state index contributed by atoms with van der Waals surface area (Å²) in [5.74, 6) is -0.598. The second-order valence-corrected chi connectivity index (χ2v) is 11.1. The lowest BCUT2D eigenvalue weighted by atomic mass is 10.1. The Morgan fingerprint density at radius 2 is 1.14 bits per heavy atom. The van der Waals surface area contributed by atoms with Crippen molar-refractivity contribution in [1.29, 1.82) is 0 Å². The average molecular weight is 730 g/mol. The Morgan fingerprint density at radius 1 is 0.667 bits per heavy atom. The van der Waals surface area contributed by atoms with Crippen LogP contribution in [0.1, 0.15) is 88.2 Å².